The van der Waals surface area contributed by atoms with E-state index in [1.54, 1.807) is 36.4 Å². The maximum atomic E-state index is 13.9. The third-order valence-electron chi connectivity index (χ3n) is 7.21. The Morgan fingerprint density at radius 1 is 1.09 bits per heavy atom. The Hall–Kier alpha value is -2.70. The van der Waals surface area contributed by atoms with Crippen molar-refractivity contribution in [3.8, 4) is 0 Å². The first-order valence-corrected chi connectivity index (χ1v) is 11.1. The van der Waals surface area contributed by atoms with Gasteiger partial charge in [0.05, 0.1) is 56.2 Å². The van der Waals surface area contributed by atoms with Crippen molar-refractivity contribution < 1.29 is 14.3 Å². The molecule has 1 heterocycles. The molecule has 32 heavy (non-hydrogen) atoms. The average molecular weight is 470 g/mol. The topological polar surface area (TPSA) is 81.2 Å². The van der Waals surface area contributed by atoms with Crippen molar-refractivity contribution in [2.45, 2.75) is 38.0 Å². The van der Waals surface area contributed by atoms with Crippen molar-refractivity contribution in [1.29, 1.82) is 0 Å². The summed E-state index contributed by atoms with van der Waals surface area (Å²) in [5.41, 5.74) is 2.19. The first-order valence-electron chi connectivity index (χ1n) is 10.4. The van der Waals surface area contributed by atoms with Crippen LogP contribution in [0.3, 0.4) is 0 Å². The molecule has 0 saturated heterocycles. The molecule has 3 aromatic rings. The van der Waals surface area contributed by atoms with Gasteiger partial charge in [0.2, 0.25) is 5.91 Å². The Balaban J connectivity index is 1.65. The van der Waals surface area contributed by atoms with Crippen molar-refractivity contribution in [2.75, 3.05) is 12.4 Å². The standard InChI is InChI=1S/C24H21Cl2N3O3/c1-23(2)13-8-9-24(23,22(31)29-16-7-5-4-6-12(16)21(30)32-3)20-19(13)27-17-10-14(25)15(26)11-18(17)28-20/h4-7,10-11,13H,8-9H2,1-3H3,(H,29,31). The molecule has 2 aromatic carbocycles. The van der Waals surface area contributed by atoms with Crippen LogP contribution in [0.5, 0.6) is 0 Å². The average Bonchev–Trinajstić information content (AvgIpc) is 3.14. The van der Waals surface area contributed by atoms with E-state index in [1.165, 1.54) is 7.11 Å². The van der Waals surface area contributed by atoms with Crippen LogP contribution in [-0.4, -0.2) is 29.0 Å². The van der Waals surface area contributed by atoms with Crippen molar-refractivity contribution in [3.05, 3.63) is 63.4 Å². The Labute approximate surface area is 195 Å². The Bertz CT molecular complexity index is 1310. The SMILES string of the molecule is COC(=O)c1ccccc1NC(=O)C12CCC(c3nc4cc(Cl)c(Cl)cc4nc31)C2(C)C. The minimum Gasteiger partial charge on any atom is -0.465 e. The van der Waals surface area contributed by atoms with Crippen LogP contribution in [0.25, 0.3) is 11.0 Å². The molecule has 1 amide bonds. The Morgan fingerprint density at radius 3 is 2.44 bits per heavy atom. The van der Waals surface area contributed by atoms with Gasteiger partial charge in [0.25, 0.3) is 0 Å². The molecule has 2 aliphatic carbocycles. The van der Waals surface area contributed by atoms with Crippen LogP contribution >= 0.6 is 23.2 Å². The van der Waals surface area contributed by atoms with Gasteiger partial charge in [0.15, 0.2) is 0 Å². The van der Waals surface area contributed by atoms with Gasteiger partial charge in [-0.05, 0) is 42.5 Å². The van der Waals surface area contributed by atoms with Gasteiger partial charge < -0.3 is 10.1 Å². The highest BCUT2D eigenvalue weighted by Crippen LogP contribution is 2.67. The van der Waals surface area contributed by atoms with Gasteiger partial charge in [-0.3, -0.25) is 4.79 Å². The smallest absolute Gasteiger partial charge is 0.339 e. The number of hydrogen-bond donors (Lipinski definition) is 1. The van der Waals surface area contributed by atoms with Crippen LogP contribution in [-0.2, 0) is 14.9 Å². The van der Waals surface area contributed by atoms with Gasteiger partial charge in [0, 0.05) is 5.92 Å². The molecule has 2 bridgehead atoms. The number of fused-ring (bicyclic) bond motifs is 6. The van der Waals surface area contributed by atoms with Crippen molar-refractivity contribution in [1.82, 2.24) is 9.97 Å². The van der Waals surface area contributed by atoms with Crippen LogP contribution in [0.4, 0.5) is 5.69 Å². The number of aromatic nitrogens is 2. The monoisotopic (exact) mass is 469 g/mol. The van der Waals surface area contributed by atoms with E-state index in [2.05, 4.69) is 19.2 Å². The number of methoxy groups -OCH3 is 1. The predicted octanol–water partition coefficient (Wildman–Crippen LogP) is 5.52. The molecule has 0 spiro atoms. The van der Waals surface area contributed by atoms with Crippen LogP contribution in [0.15, 0.2) is 36.4 Å². The summed E-state index contributed by atoms with van der Waals surface area (Å²) in [6, 6.07) is 10.2. The lowest BCUT2D eigenvalue weighted by Crippen LogP contribution is -2.47. The van der Waals surface area contributed by atoms with Crippen molar-refractivity contribution in [2.24, 2.45) is 5.41 Å². The summed E-state index contributed by atoms with van der Waals surface area (Å²) in [4.78, 5) is 35.9. The highest BCUT2D eigenvalue weighted by molar-refractivity contribution is 6.42. The summed E-state index contributed by atoms with van der Waals surface area (Å²) in [5, 5.41) is 3.81. The molecule has 1 N–H and O–H groups in total. The number of ether oxygens (including phenoxy) is 1. The number of rotatable bonds is 3. The van der Waals surface area contributed by atoms with Crippen molar-refractivity contribution in [3.63, 3.8) is 0 Å². The van der Waals surface area contributed by atoms with E-state index in [0.29, 0.717) is 44.4 Å². The molecule has 6 nitrogen and oxygen atoms in total. The molecule has 0 aliphatic heterocycles. The fourth-order valence-electron chi connectivity index (χ4n) is 5.49. The number of hydrogen-bond acceptors (Lipinski definition) is 5. The van der Waals surface area contributed by atoms with E-state index in [9.17, 15) is 9.59 Å². The lowest BCUT2D eigenvalue weighted by atomic mass is 9.67. The summed E-state index contributed by atoms with van der Waals surface area (Å²) in [7, 11) is 1.32. The number of amides is 1. The predicted molar refractivity (Wildman–Crippen MR) is 123 cm³/mol. The second-order valence-corrected chi connectivity index (χ2v) is 9.74. The highest BCUT2D eigenvalue weighted by Gasteiger charge is 2.67. The second-order valence-electron chi connectivity index (χ2n) is 8.92. The fraction of sp³-hybridized carbons (Fsp3) is 0.333. The van der Waals surface area contributed by atoms with Gasteiger partial charge >= 0.3 is 5.97 Å². The van der Waals surface area contributed by atoms with Crippen LogP contribution in [0.1, 0.15) is 54.4 Å². The zero-order chi connectivity index (χ0) is 22.8. The maximum absolute atomic E-state index is 13.9. The number of anilines is 1. The summed E-state index contributed by atoms with van der Waals surface area (Å²) in [6.07, 6.45) is 1.47. The largest absolute Gasteiger partial charge is 0.465 e. The molecule has 1 saturated carbocycles. The number of para-hydroxylation sites is 1. The molecule has 1 fully saturated rings. The third kappa shape index (κ3) is 2.72. The molecule has 2 unspecified atom stereocenters. The Morgan fingerprint density at radius 2 is 1.75 bits per heavy atom. The van der Waals surface area contributed by atoms with Crippen molar-refractivity contribution >= 4 is 51.8 Å². The molecule has 1 aromatic heterocycles. The lowest BCUT2D eigenvalue weighted by molar-refractivity contribution is -0.124. The normalized spacial score (nSPS) is 22.6. The van der Waals surface area contributed by atoms with Crippen LogP contribution in [0.2, 0.25) is 10.0 Å². The lowest BCUT2D eigenvalue weighted by Gasteiger charge is -2.36. The minimum atomic E-state index is -0.885. The van der Waals surface area contributed by atoms with Gasteiger partial charge in [-0.25, -0.2) is 14.8 Å². The fourth-order valence-corrected chi connectivity index (χ4v) is 5.80. The highest BCUT2D eigenvalue weighted by atomic mass is 35.5. The molecule has 2 atom stereocenters. The van der Waals surface area contributed by atoms with Crippen LogP contribution < -0.4 is 5.32 Å². The number of nitrogens with zero attached hydrogens (tertiary/aromatic N) is 2. The van der Waals surface area contributed by atoms with Gasteiger partial charge in [-0.1, -0.05) is 49.2 Å². The maximum Gasteiger partial charge on any atom is 0.339 e. The molecule has 2 aliphatic rings. The number of nitrogens with one attached hydrogen (secondary N) is 1. The molecular formula is C24H21Cl2N3O3. The Kier molecular flexibility index (Phi) is 4.73. The summed E-state index contributed by atoms with van der Waals surface area (Å²) >= 11 is 12.4. The zero-order valence-electron chi connectivity index (χ0n) is 17.8. The van der Waals surface area contributed by atoms with E-state index >= 15 is 0 Å². The third-order valence-corrected chi connectivity index (χ3v) is 7.94. The van der Waals surface area contributed by atoms with Gasteiger partial charge in [-0.15, -0.1) is 0 Å². The molecule has 164 valence electrons. The minimum absolute atomic E-state index is 0.0884. The zero-order valence-corrected chi connectivity index (χ0v) is 19.3. The molecule has 0 radical (unpaired) electrons. The number of halogens is 2. The molecule has 5 rings (SSSR count). The first-order chi connectivity index (χ1) is 15.2. The first kappa shape index (κ1) is 21.2. The van der Waals surface area contributed by atoms with E-state index in [-0.39, 0.29) is 11.8 Å². The summed E-state index contributed by atoms with van der Waals surface area (Å²) in [5.74, 6) is -0.620. The number of benzene rings is 2. The van der Waals surface area contributed by atoms with E-state index in [1.807, 2.05) is 0 Å². The number of esters is 1. The number of carbonyl (C=O) groups excluding carboxylic acids is 2. The summed E-state index contributed by atoms with van der Waals surface area (Å²) in [6.45, 7) is 4.18. The van der Waals surface area contributed by atoms with Gasteiger partial charge in [0.1, 0.15) is 0 Å². The van der Waals surface area contributed by atoms with E-state index < -0.39 is 16.8 Å². The van der Waals surface area contributed by atoms with E-state index in [0.717, 1.165) is 12.1 Å². The molecule has 8 heteroatoms. The quantitative estimate of drug-likeness (QED) is 0.510. The van der Waals surface area contributed by atoms with Crippen LogP contribution in [0, 0.1) is 5.41 Å². The summed E-state index contributed by atoms with van der Waals surface area (Å²) < 4.78 is 4.87. The number of carbonyl (C=O) groups is 2. The second kappa shape index (κ2) is 7.15. The van der Waals surface area contributed by atoms with Gasteiger partial charge in [-0.2, -0.15) is 0 Å². The van der Waals surface area contributed by atoms with E-state index in [4.69, 9.17) is 37.9 Å². The molecular weight excluding hydrogens is 449 g/mol.